The predicted octanol–water partition coefficient (Wildman–Crippen LogP) is 2.37. The van der Waals surface area contributed by atoms with E-state index < -0.39 is 23.4 Å². The van der Waals surface area contributed by atoms with Gasteiger partial charge in [0.05, 0.1) is 0 Å². The van der Waals surface area contributed by atoms with Gasteiger partial charge in [-0.2, -0.15) is 0 Å². The summed E-state index contributed by atoms with van der Waals surface area (Å²) in [7, 11) is 0. The Hall–Kier alpha value is -3.68. The number of fused-ring (bicyclic) bond motifs is 2. The summed E-state index contributed by atoms with van der Waals surface area (Å²) in [6, 6.07) is 13.6. The third-order valence-corrected chi connectivity index (χ3v) is 5.44. The zero-order valence-corrected chi connectivity index (χ0v) is 16.5. The Balaban J connectivity index is 1.47. The van der Waals surface area contributed by atoms with Gasteiger partial charge in [0.2, 0.25) is 11.8 Å². The van der Waals surface area contributed by atoms with Gasteiger partial charge in [-0.05, 0) is 54.7 Å². The summed E-state index contributed by atoms with van der Waals surface area (Å²) in [5.74, 6) is -1.06. The molecule has 2 aromatic carbocycles. The van der Waals surface area contributed by atoms with Crippen molar-refractivity contribution in [3.05, 3.63) is 59.7 Å². The fraction of sp³-hybridized carbons (Fsp3) is 0.273. The molecule has 1 saturated heterocycles. The summed E-state index contributed by atoms with van der Waals surface area (Å²) >= 11 is 0. The second kappa shape index (κ2) is 7.62. The normalized spacial score (nSPS) is 20.0. The summed E-state index contributed by atoms with van der Waals surface area (Å²) in [6.45, 7) is 1.04. The van der Waals surface area contributed by atoms with Crippen LogP contribution in [0.2, 0.25) is 0 Å². The number of anilines is 2. The number of imide groups is 1. The van der Waals surface area contributed by atoms with Crippen molar-refractivity contribution in [2.24, 2.45) is 0 Å². The molecular formula is C22H22N4O4. The van der Waals surface area contributed by atoms with Crippen LogP contribution in [0.15, 0.2) is 48.5 Å². The van der Waals surface area contributed by atoms with Crippen molar-refractivity contribution >= 4 is 35.1 Å². The van der Waals surface area contributed by atoms with E-state index in [2.05, 4.69) is 16.0 Å². The van der Waals surface area contributed by atoms with Crippen molar-refractivity contribution < 1.29 is 19.2 Å². The van der Waals surface area contributed by atoms with Crippen LogP contribution in [-0.4, -0.2) is 35.2 Å². The van der Waals surface area contributed by atoms with Gasteiger partial charge in [-0.25, -0.2) is 4.79 Å². The van der Waals surface area contributed by atoms with Crippen molar-refractivity contribution in [3.63, 3.8) is 0 Å². The molecule has 1 spiro atoms. The lowest BCUT2D eigenvalue weighted by molar-refractivity contribution is -0.134. The molecule has 0 aromatic heterocycles. The number of aryl methyl sites for hydroxylation is 1. The number of amides is 5. The molecule has 1 heterocycles. The van der Waals surface area contributed by atoms with E-state index in [0.717, 1.165) is 28.9 Å². The summed E-state index contributed by atoms with van der Waals surface area (Å²) in [5, 5.41) is 8.15. The number of urea groups is 1. The van der Waals surface area contributed by atoms with E-state index in [4.69, 9.17) is 0 Å². The first-order chi connectivity index (χ1) is 14.4. The number of hydrogen-bond donors (Lipinski definition) is 3. The molecule has 0 bridgehead atoms. The highest BCUT2D eigenvalue weighted by Gasteiger charge is 2.54. The number of rotatable bonds is 4. The van der Waals surface area contributed by atoms with Gasteiger partial charge in [0.25, 0.3) is 5.91 Å². The predicted molar refractivity (Wildman–Crippen MR) is 111 cm³/mol. The van der Waals surface area contributed by atoms with Crippen molar-refractivity contribution in [1.82, 2.24) is 10.2 Å². The lowest BCUT2D eigenvalue weighted by Gasteiger charge is -2.33. The quantitative estimate of drug-likeness (QED) is 0.678. The molecule has 2 aliphatic rings. The van der Waals surface area contributed by atoms with Gasteiger partial charge in [-0.1, -0.05) is 24.3 Å². The van der Waals surface area contributed by atoms with Crippen molar-refractivity contribution in [2.75, 3.05) is 17.2 Å². The summed E-state index contributed by atoms with van der Waals surface area (Å²) in [5.41, 5.74) is 1.87. The van der Waals surface area contributed by atoms with Gasteiger partial charge in [-0.15, -0.1) is 0 Å². The number of benzene rings is 2. The molecule has 0 saturated carbocycles. The average molecular weight is 406 g/mol. The van der Waals surface area contributed by atoms with Crippen molar-refractivity contribution in [2.45, 2.75) is 31.7 Å². The smallest absolute Gasteiger partial charge is 0.325 e. The van der Waals surface area contributed by atoms with E-state index in [1.54, 1.807) is 24.3 Å². The number of hydrogen-bond acceptors (Lipinski definition) is 4. The lowest BCUT2D eigenvalue weighted by atomic mass is 9.76. The minimum absolute atomic E-state index is 0.191. The Labute approximate surface area is 173 Å². The third-order valence-electron chi connectivity index (χ3n) is 5.44. The number of carbonyl (C=O) groups excluding carboxylic acids is 4. The van der Waals surface area contributed by atoms with Crippen molar-refractivity contribution in [1.29, 1.82) is 0 Å². The maximum atomic E-state index is 13.2. The summed E-state index contributed by atoms with van der Waals surface area (Å²) in [4.78, 5) is 50.3. The maximum Gasteiger partial charge on any atom is 0.325 e. The van der Waals surface area contributed by atoms with Crippen LogP contribution in [0.4, 0.5) is 16.2 Å². The molecule has 0 radical (unpaired) electrons. The molecular weight excluding hydrogens is 384 g/mol. The van der Waals surface area contributed by atoms with Gasteiger partial charge in [-0.3, -0.25) is 19.3 Å². The largest absolute Gasteiger partial charge is 0.326 e. The molecule has 1 aliphatic carbocycles. The van der Waals surface area contributed by atoms with Crippen LogP contribution in [0.3, 0.4) is 0 Å². The number of nitrogens with zero attached hydrogens (tertiary/aromatic N) is 1. The highest BCUT2D eigenvalue weighted by molar-refractivity contribution is 6.10. The number of nitrogens with one attached hydrogen (secondary N) is 3. The van der Waals surface area contributed by atoms with E-state index in [9.17, 15) is 19.2 Å². The SMILES string of the molecule is CC(=O)Nc1ccc(NC(=O)CN2C(=O)N[C@@]3(CCCc4ccccc43)C2=O)cc1. The van der Waals surface area contributed by atoms with Crippen LogP contribution in [-0.2, 0) is 26.3 Å². The molecule has 8 nitrogen and oxygen atoms in total. The van der Waals surface area contributed by atoms with Crippen LogP contribution >= 0.6 is 0 Å². The molecule has 1 aliphatic heterocycles. The topological polar surface area (TPSA) is 108 Å². The van der Waals surface area contributed by atoms with E-state index in [1.165, 1.54) is 6.92 Å². The first kappa shape index (κ1) is 19.6. The molecule has 30 heavy (non-hydrogen) atoms. The molecule has 5 amide bonds. The molecule has 154 valence electrons. The molecule has 2 aromatic rings. The first-order valence-corrected chi connectivity index (χ1v) is 9.79. The monoisotopic (exact) mass is 406 g/mol. The Morgan fingerprint density at radius 2 is 1.70 bits per heavy atom. The highest BCUT2D eigenvalue weighted by atomic mass is 16.2. The third kappa shape index (κ3) is 3.52. The number of carbonyl (C=O) groups is 4. The van der Waals surface area contributed by atoms with Gasteiger partial charge in [0, 0.05) is 18.3 Å². The minimum Gasteiger partial charge on any atom is -0.326 e. The zero-order valence-electron chi connectivity index (χ0n) is 16.5. The molecule has 1 fully saturated rings. The van der Waals surface area contributed by atoms with Crippen molar-refractivity contribution in [3.8, 4) is 0 Å². The average Bonchev–Trinajstić information content (AvgIpc) is 2.94. The fourth-order valence-electron chi connectivity index (χ4n) is 4.14. The lowest BCUT2D eigenvalue weighted by Crippen LogP contribution is -2.47. The van der Waals surface area contributed by atoms with Crippen LogP contribution in [0, 0.1) is 0 Å². The van der Waals surface area contributed by atoms with E-state index in [0.29, 0.717) is 17.8 Å². The van der Waals surface area contributed by atoms with Crippen LogP contribution < -0.4 is 16.0 Å². The van der Waals surface area contributed by atoms with E-state index in [-0.39, 0.29) is 12.5 Å². The molecule has 8 heteroatoms. The zero-order chi connectivity index (χ0) is 21.3. The minimum atomic E-state index is -1.09. The van der Waals surface area contributed by atoms with Crippen LogP contribution in [0.1, 0.15) is 30.9 Å². The Bertz CT molecular complexity index is 1030. The Morgan fingerprint density at radius 3 is 2.40 bits per heavy atom. The second-order valence-corrected chi connectivity index (χ2v) is 7.54. The molecule has 0 unspecified atom stereocenters. The van der Waals surface area contributed by atoms with Gasteiger partial charge in [0.15, 0.2) is 0 Å². The maximum absolute atomic E-state index is 13.2. The Kier molecular flexibility index (Phi) is 4.99. The molecule has 1 atom stereocenters. The van der Waals surface area contributed by atoms with Gasteiger partial charge < -0.3 is 16.0 Å². The van der Waals surface area contributed by atoms with Gasteiger partial charge in [0.1, 0.15) is 12.1 Å². The van der Waals surface area contributed by atoms with Crippen LogP contribution in [0.25, 0.3) is 0 Å². The first-order valence-electron chi connectivity index (χ1n) is 9.79. The highest BCUT2D eigenvalue weighted by Crippen LogP contribution is 2.39. The molecule has 3 N–H and O–H groups in total. The van der Waals surface area contributed by atoms with E-state index in [1.807, 2.05) is 24.3 Å². The fourth-order valence-corrected chi connectivity index (χ4v) is 4.14. The van der Waals surface area contributed by atoms with Gasteiger partial charge >= 0.3 is 6.03 Å². The van der Waals surface area contributed by atoms with E-state index >= 15 is 0 Å². The standard InChI is InChI=1S/C22H22N4O4/c1-14(27)23-16-8-10-17(11-9-16)24-19(28)13-26-20(29)22(25-21(26)30)12-4-6-15-5-2-3-7-18(15)22/h2-3,5,7-11H,4,6,12-13H2,1H3,(H,23,27)(H,24,28)(H,25,30)/t22-/m1/s1. The Morgan fingerprint density at radius 1 is 1.03 bits per heavy atom. The second-order valence-electron chi connectivity index (χ2n) is 7.54. The van der Waals surface area contributed by atoms with Crippen LogP contribution in [0.5, 0.6) is 0 Å². The summed E-state index contributed by atoms with van der Waals surface area (Å²) < 4.78 is 0. The molecule has 4 rings (SSSR count). The summed E-state index contributed by atoms with van der Waals surface area (Å²) in [6.07, 6.45) is 2.15.